The number of aryl methyl sites for hydroxylation is 1. The van der Waals surface area contributed by atoms with Crippen LogP contribution in [0.4, 0.5) is 0 Å². The molecule has 0 saturated carbocycles. The van der Waals surface area contributed by atoms with Crippen molar-refractivity contribution in [1.29, 1.82) is 0 Å². The van der Waals surface area contributed by atoms with Gasteiger partial charge in [-0.15, -0.1) is 5.10 Å². The number of benzene rings is 1. The van der Waals surface area contributed by atoms with E-state index < -0.39 is 0 Å². The van der Waals surface area contributed by atoms with E-state index in [4.69, 9.17) is 11.6 Å². The third-order valence-electron chi connectivity index (χ3n) is 4.12. The highest BCUT2D eigenvalue weighted by atomic mass is 35.5. The lowest BCUT2D eigenvalue weighted by molar-refractivity contribution is 0.0658. The number of amides is 1. The Morgan fingerprint density at radius 2 is 1.83 bits per heavy atom. The molecular weight excluding hydrogens is 314 g/mol. The standard InChI is InChI=1S/C16H20ClN5O/c1-12-3-5-13(6-4-12)11-22-15(17)14(18-19-22)16(23)21-9-7-20(2)8-10-21/h3-6H,7-11H2,1-2H3. The molecule has 3 rings (SSSR count). The van der Waals surface area contributed by atoms with Crippen molar-refractivity contribution in [3.05, 3.63) is 46.2 Å². The molecule has 0 atom stereocenters. The second kappa shape index (κ2) is 6.68. The largest absolute Gasteiger partial charge is 0.335 e. The molecule has 6 nitrogen and oxygen atoms in total. The average molecular weight is 334 g/mol. The number of carbonyl (C=O) groups excluding carboxylic acids is 1. The Balaban J connectivity index is 1.73. The Morgan fingerprint density at radius 1 is 1.17 bits per heavy atom. The Kier molecular flexibility index (Phi) is 4.63. The van der Waals surface area contributed by atoms with Gasteiger partial charge in [-0.2, -0.15) is 0 Å². The van der Waals surface area contributed by atoms with Crippen LogP contribution in [0.1, 0.15) is 21.6 Å². The zero-order valence-electron chi connectivity index (χ0n) is 13.4. The van der Waals surface area contributed by atoms with Crippen molar-refractivity contribution >= 4 is 17.5 Å². The van der Waals surface area contributed by atoms with Gasteiger partial charge in [0.1, 0.15) is 0 Å². The van der Waals surface area contributed by atoms with Crippen LogP contribution in [-0.2, 0) is 6.54 Å². The van der Waals surface area contributed by atoms with Crippen molar-refractivity contribution in [3.8, 4) is 0 Å². The summed E-state index contributed by atoms with van der Waals surface area (Å²) >= 11 is 6.33. The molecule has 1 aromatic carbocycles. The van der Waals surface area contributed by atoms with Crippen LogP contribution < -0.4 is 0 Å². The fourth-order valence-corrected chi connectivity index (χ4v) is 2.77. The minimum atomic E-state index is -0.141. The van der Waals surface area contributed by atoms with E-state index in [1.165, 1.54) is 5.56 Å². The van der Waals surface area contributed by atoms with Gasteiger partial charge < -0.3 is 9.80 Å². The van der Waals surface area contributed by atoms with E-state index in [0.717, 1.165) is 18.7 Å². The molecule has 2 aromatic rings. The number of aromatic nitrogens is 3. The van der Waals surface area contributed by atoms with Crippen LogP contribution in [0.3, 0.4) is 0 Å². The molecular formula is C16H20ClN5O. The number of rotatable bonds is 3. The molecule has 1 amide bonds. The van der Waals surface area contributed by atoms with Crippen LogP contribution in [0, 0.1) is 6.92 Å². The van der Waals surface area contributed by atoms with E-state index in [0.29, 0.717) is 24.8 Å². The van der Waals surface area contributed by atoms with Gasteiger partial charge >= 0.3 is 0 Å². The molecule has 7 heteroatoms. The van der Waals surface area contributed by atoms with Gasteiger partial charge in [0.2, 0.25) is 0 Å². The summed E-state index contributed by atoms with van der Waals surface area (Å²) in [6.07, 6.45) is 0. The van der Waals surface area contributed by atoms with Crippen LogP contribution in [0.2, 0.25) is 5.15 Å². The van der Waals surface area contributed by atoms with Gasteiger partial charge in [-0.3, -0.25) is 4.79 Å². The molecule has 0 radical (unpaired) electrons. The van der Waals surface area contributed by atoms with Crippen molar-refractivity contribution in [1.82, 2.24) is 24.8 Å². The molecule has 1 saturated heterocycles. The lowest BCUT2D eigenvalue weighted by Gasteiger charge is -2.31. The summed E-state index contributed by atoms with van der Waals surface area (Å²) in [5.74, 6) is -0.141. The van der Waals surface area contributed by atoms with E-state index in [1.54, 1.807) is 9.58 Å². The highest BCUT2D eigenvalue weighted by Crippen LogP contribution is 2.17. The Morgan fingerprint density at radius 3 is 2.48 bits per heavy atom. The number of nitrogens with zero attached hydrogens (tertiary/aromatic N) is 5. The zero-order chi connectivity index (χ0) is 16.4. The minimum Gasteiger partial charge on any atom is -0.335 e. The lowest BCUT2D eigenvalue weighted by atomic mass is 10.1. The van der Waals surface area contributed by atoms with Crippen LogP contribution in [0.5, 0.6) is 0 Å². The third kappa shape index (κ3) is 3.54. The molecule has 23 heavy (non-hydrogen) atoms. The molecule has 2 heterocycles. The number of hydrogen-bond donors (Lipinski definition) is 0. The first-order valence-electron chi connectivity index (χ1n) is 7.67. The molecule has 122 valence electrons. The number of piperazine rings is 1. The summed E-state index contributed by atoms with van der Waals surface area (Å²) in [7, 11) is 2.05. The Hall–Kier alpha value is -1.92. The van der Waals surface area contributed by atoms with Gasteiger partial charge in [-0.1, -0.05) is 46.6 Å². The smallest absolute Gasteiger partial charge is 0.277 e. The van der Waals surface area contributed by atoms with E-state index in [2.05, 4.69) is 15.2 Å². The summed E-state index contributed by atoms with van der Waals surface area (Å²) in [6, 6.07) is 8.12. The number of carbonyl (C=O) groups is 1. The van der Waals surface area contributed by atoms with Crippen molar-refractivity contribution in [2.75, 3.05) is 33.2 Å². The second-order valence-corrected chi connectivity index (χ2v) is 6.33. The maximum Gasteiger partial charge on any atom is 0.277 e. The predicted molar refractivity (Wildman–Crippen MR) is 88.7 cm³/mol. The summed E-state index contributed by atoms with van der Waals surface area (Å²) in [5.41, 5.74) is 2.51. The zero-order valence-corrected chi connectivity index (χ0v) is 14.1. The predicted octanol–water partition coefficient (Wildman–Crippen LogP) is 1.68. The molecule has 1 aliphatic rings. The van der Waals surface area contributed by atoms with Crippen LogP contribution in [0.15, 0.2) is 24.3 Å². The number of likely N-dealkylation sites (N-methyl/N-ethyl adjacent to an activating group) is 1. The van der Waals surface area contributed by atoms with E-state index >= 15 is 0 Å². The summed E-state index contributed by atoms with van der Waals surface area (Å²) in [4.78, 5) is 16.5. The fraction of sp³-hybridized carbons (Fsp3) is 0.438. The van der Waals surface area contributed by atoms with Crippen LogP contribution >= 0.6 is 11.6 Å². The van der Waals surface area contributed by atoms with Gasteiger partial charge in [-0.25, -0.2) is 4.68 Å². The molecule has 0 aliphatic carbocycles. The van der Waals surface area contributed by atoms with Crippen LogP contribution in [0.25, 0.3) is 0 Å². The maximum absolute atomic E-state index is 12.5. The Labute approximate surface area is 140 Å². The number of hydrogen-bond acceptors (Lipinski definition) is 4. The summed E-state index contributed by atoms with van der Waals surface area (Å²) < 4.78 is 1.57. The van der Waals surface area contributed by atoms with Crippen LogP contribution in [-0.4, -0.2) is 63.9 Å². The quantitative estimate of drug-likeness (QED) is 0.857. The first-order chi connectivity index (χ1) is 11.0. The van der Waals surface area contributed by atoms with Crippen molar-refractivity contribution in [2.45, 2.75) is 13.5 Å². The highest BCUT2D eigenvalue weighted by Gasteiger charge is 2.26. The topological polar surface area (TPSA) is 54.3 Å². The van der Waals surface area contributed by atoms with Crippen molar-refractivity contribution in [3.63, 3.8) is 0 Å². The monoisotopic (exact) mass is 333 g/mol. The first kappa shape index (κ1) is 16.0. The van der Waals surface area contributed by atoms with Crippen molar-refractivity contribution in [2.24, 2.45) is 0 Å². The van der Waals surface area contributed by atoms with Gasteiger partial charge in [0.05, 0.1) is 6.54 Å². The lowest BCUT2D eigenvalue weighted by Crippen LogP contribution is -2.47. The minimum absolute atomic E-state index is 0.141. The second-order valence-electron chi connectivity index (χ2n) is 5.97. The van der Waals surface area contributed by atoms with Gasteiger partial charge in [0, 0.05) is 26.2 Å². The molecule has 1 fully saturated rings. The van der Waals surface area contributed by atoms with Gasteiger partial charge in [0.15, 0.2) is 10.8 Å². The van der Waals surface area contributed by atoms with Gasteiger partial charge in [-0.05, 0) is 19.5 Å². The van der Waals surface area contributed by atoms with E-state index in [1.807, 2.05) is 38.2 Å². The first-order valence-corrected chi connectivity index (χ1v) is 8.05. The molecule has 0 unspecified atom stereocenters. The average Bonchev–Trinajstić information content (AvgIpc) is 2.90. The van der Waals surface area contributed by atoms with E-state index in [-0.39, 0.29) is 11.6 Å². The highest BCUT2D eigenvalue weighted by molar-refractivity contribution is 6.32. The SMILES string of the molecule is Cc1ccc(Cn2nnc(C(=O)N3CCN(C)CC3)c2Cl)cc1. The third-order valence-corrected chi connectivity index (χ3v) is 4.49. The maximum atomic E-state index is 12.5. The van der Waals surface area contributed by atoms with Crippen molar-refractivity contribution < 1.29 is 4.79 Å². The molecule has 0 spiro atoms. The summed E-state index contributed by atoms with van der Waals surface area (Å²) in [6.45, 7) is 5.65. The normalized spacial score (nSPS) is 15.9. The fourth-order valence-electron chi connectivity index (χ4n) is 2.56. The summed E-state index contributed by atoms with van der Waals surface area (Å²) in [5, 5.41) is 8.34. The molecule has 0 bridgehead atoms. The molecule has 0 N–H and O–H groups in total. The van der Waals surface area contributed by atoms with E-state index in [9.17, 15) is 4.79 Å². The molecule has 1 aliphatic heterocycles. The number of halogens is 1. The Bertz CT molecular complexity index is 689. The van der Waals surface area contributed by atoms with Gasteiger partial charge in [0.25, 0.3) is 5.91 Å². The molecule has 1 aromatic heterocycles.